The van der Waals surface area contributed by atoms with Crippen LogP contribution < -0.4 is 4.90 Å². The third-order valence-electron chi connectivity index (χ3n) is 8.26. The maximum Gasteiger partial charge on any atom is 0.223 e. The lowest BCUT2D eigenvalue weighted by molar-refractivity contribution is -0.134. The molecule has 11 nitrogen and oxygen atoms in total. The average Bonchev–Trinajstić information content (AvgIpc) is 3.74. The van der Waals surface area contributed by atoms with Gasteiger partial charge in [0.15, 0.2) is 17.4 Å². The van der Waals surface area contributed by atoms with Crippen molar-refractivity contribution in [1.82, 2.24) is 34.9 Å². The molecule has 5 aromatic rings. The number of benzene rings is 1. The molecule has 2 aliphatic heterocycles. The number of nitrogens with zero attached hydrogens (tertiary/aromatic N) is 7. The van der Waals surface area contributed by atoms with Crippen molar-refractivity contribution >= 4 is 56.0 Å². The Bertz CT molecular complexity index is 1840. The zero-order chi connectivity index (χ0) is 30.6. The molecule has 7 rings (SSSR count). The quantitative estimate of drug-likeness (QED) is 0.242. The lowest BCUT2D eigenvalue weighted by Gasteiger charge is -2.34. The molecule has 2 aliphatic rings. The molecule has 2 saturated heterocycles. The maximum atomic E-state index is 12.8. The predicted octanol–water partition coefficient (Wildman–Crippen LogP) is 4.17. The van der Waals surface area contributed by atoms with Crippen LogP contribution in [-0.2, 0) is 20.9 Å². The van der Waals surface area contributed by atoms with Crippen molar-refractivity contribution in [1.29, 1.82) is 0 Å². The Balaban J connectivity index is 1.01. The SMILES string of the molecule is O=C(C=Cc1ccccn1)CCC(=O)N1CCN(Cc2cc3nc(-c4cccc5[nH]ncc45)nc(N4CCOCC4)c3s2)CC1. The fourth-order valence-electron chi connectivity index (χ4n) is 5.82. The minimum Gasteiger partial charge on any atom is -0.378 e. The number of ketones is 1. The van der Waals surface area contributed by atoms with E-state index >= 15 is 0 Å². The molecular weight excluding hydrogens is 588 g/mol. The highest BCUT2D eigenvalue weighted by Crippen LogP contribution is 2.36. The Hall–Kier alpha value is -4.52. The van der Waals surface area contributed by atoms with Gasteiger partial charge in [0.1, 0.15) is 0 Å². The van der Waals surface area contributed by atoms with E-state index in [9.17, 15) is 9.59 Å². The third kappa shape index (κ3) is 6.63. The van der Waals surface area contributed by atoms with E-state index < -0.39 is 0 Å². The molecule has 45 heavy (non-hydrogen) atoms. The molecule has 0 aliphatic carbocycles. The van der Waals surface area contributed by atoms with Crippen LogP contribution in [0.25, 0.3) is 38.6 Å². The second-order valence-corrected chi connectivity index (χ2v) is 12.4. The number of carbonyl (C=O) groups is 2. The number of ether oxygens (including phenoxy) is 1. The van der Waals surface area contributed by atoms with Crippen molar-refractivity contribution in [2.24, 2.45) is 0 Å². The molecular formula is C33H34N8O3S. The summed E-state index contributed by atoms with van der Waals surface area (Å²) in [5, 5.41) is 8.27. The van der Waals surface area contributed by atoms with Gasteiger partial charge in [-0.2, -0.15) is 5.10 Å². The first-order chi connectivity index (χ1) is 22.1. The first-order valence-electron chi connectivity index (χ1n) is 15.3. The van der Waals surface area contributed by atoms with Crippen LogP contribution in [0.5, 0.6) is 0 Å². The summed E-state index contributed by atoms with van der Waals surface area (Å²) in [5.74, 6) is 1.61. The number of thiophene rings is 1. The molecule has 6 heterocycles. The number of rotatable bonds is 9. The highest BCUT2D eigenvalue weighted by molar-refractivity contribution is 7.19. The number of aromatic nitrogens is 5. The predicted molar refractivity (Wildman–Crippen MR) is 175 cm³/mol. The lowest BCUT2D eigenvalue weighted by atomic mass is 10.1. The number of fused-ring (bicyclic) bond motifs is 2. The maximum absolute atomic E-state index is 12.8. The number of allylic oxidation sites excluding steroid dienone is 1. The van der Waals surface area contributed by atoms with Gasteiger partial charge in [-0.3, -0.25) is 24.6 Å². The molecule has 1 N–H and O–H groups in total. The van der Waals surface area contributed by atoms with E-state index in [0.29, 0.717) is 32.1 Å². The fourth-order valence-corrected chi connectivity index (χ4v) is 6.97. The molecule has 4 aromatic heterocycles. The van der Waals surface area contributed by atoms with Crippen molar-refractivity contribution in [2.75, 3.05) is 57.4 Å². The van der Waals surface area contributed by atoms with Crippen molar-refractivity contribution in [3.8, 4) is 11.4 Å². The Morgan fingerprint density at radius 1 is 0.978 bits per heavy atom. The minimum atomic E-state index is -0.0680. The molecule has 0 spiro atoms. The number of amides is 1. The normalized spacial score (nSPS) is 16.3. The number of nitrogens with one attached hydrogen (secondary N) is 1. The summed E-state index contributed by atoms with van der Waals surface area (Å²) in [4.78, 5) is 47.2. The summed E-state index contributed by atoms with van der Waals surface area (Å²) in [6.45, 7) is 6.58. The highest BCUT2D eigenvalue weighted by Gasteiger charge is 2.24. The monoisotopic (exact) mass is 622 g/mol. The summed E-state index contributed by atoms with van der Waals surface area (Å²) in [6.07, 6.45) is 7.14. The molecule has 0 atom stereocenters. The zero-order valence-corrected chi connectivity index (χ0v) is 25.7. The number of H-pyrrole nitrogens is 1. The average molecular weight is 623 g/mol. The van der Waals surface area contributed by atoms with E-state index in [1.165, 1.54) is 11.0 Å². The molecule has 0 unspecified atom stereocenters. The smallest absolute Gasteiger partial charge is 0.223 e. The van der Waals surface area contributed by atoms with Gasteiger partial charge < -0.3 is 14.5 Å². The number of hydrogen-bond acceptors (Lipinski definition) is 10. The molecule has 12 heteroatoms. The van der Waals surface area contributed by atoms with Crippen LogP contribution in [0, 0.1) is 0 Å². The van der Waals surface area contributed by atoms with Gasteiger partial charge in [0.05, 0.1) is 40.8 Å². The van der Waals surface area contributed by atoms with Crippen molar-refractivity contribution in [3.05, 3.63) is 71.5 Å². The van der Waals surface area contributed by atoms with Crippen molar-refractivity contribution < 1.29 is 14.3 Å². The van der Waals surface area contributed by atoms with Gasteiger partial charge in [0.2, 0.25) is 5.91 Å². The van der Waals surface area contributed by atoms with E-state index in [4.69, 9.17) is 14.7 Å². The summed E-state index contributed by atoms with van der Waals surface area (Å²) in [5.41, 5.74) is 3.58. The first kappa shape index (κ1) is 29.2. The summed E-state index contributed by atoms with van der Waals surface area (Å²) >= 11 is 1.75. The van der Waals surface area contributed by atoms with Gasteiger partial charge in [0.25, 0.3) is 0 Å². The number of pyridine rings is 1. The van der Waals surface area contributed by atoms with Crippen molar-refractivity contribution in [3.63, 3.8) is 0 Å². The largest absolute Gasteiger partial charge is 0.378 e. The van der Waals surface area contributed by atoms with Gasteiger partial charge in [0, 0.05) is 80.7 Å². The van der Waals surface area contributed by atoms with Crippen LogP contribution in [0.4, 0.5) is 5.82 Å². The zero-order valence-electron chi connectivity index (χ0n) is 24.9. The molecule has 230 valence electrons. The van der Waals surface area contributed by atoms with E-state index in [2.05, 4.69) is 31.0 Å². The molecule has 0 radical (unpaired) electrons. The number of aromatic amines is 1. The number of carbonyl (C=O) groups excluding carboxylic acids is 2. The lowest BCUT2D eigenvalue weighted by Crippen LogP contribution is -2.48. The summed E-state index contributed by atoms with van der Waals surface area (Å²) in [7, 11) is 0. The van der Waals surface area contributed by atoms with Gasteiger partial charge in [-0.05, 0) is 36.4 Å². The van der Waals surface area contributed by atoms with E-state index in [1.807, 2.05) is 47.5 Å². The molecule has 0 bridgehead atoms. The second-order valence-electron chi connectivity index (χ2n) is 11.2. The third-order valence-corrected chi connectivity index (χ3v) is 9.36. The van der Waals surface area contributed by atoms with Crippen LogP contribution in [-0.4, -0.2) is 99.1 Å². The molecule has 1 amide bonds. The summed E-state index contributed by atoms with van der Waals surface area (Å²) < 4.78 is 6.72. The van der Waals surface area contributed by atoms with Crippen LogP contribution in [0.1, 0.15) is 23.4 Å². The Kier molecular flexibility index (Phi) is 8.58. The highest BCUT2D eigenvalue weighted by atomic mass is 32.1. The van der Waals surface area contributed by atoms with Gasteiger partial charge in [-0.25, -0.2) is 9.97 Å². The van der Waals surface area contributed by atoms with Gasteiger partial charge in [-0.1, -0.05) is 18.2 Å². The van der Waals surface area contributed by atoms with Crippen LogP contribution in [0.3, 0.4) is 0 Å². The van der Waals surface area contributed by atoms with E-state index in [-0.39, 0.29) is 24.5 Å². The Labute approximate surface area is 264 Å². The van der Waals surface area contributed by atoms with Crippen LogP contribution in [0.15, 0.2) is 60.9 Å². The molecule has 2 fully saturated rings. The topological polar surface area (TPSA) is 120 Å². The summed E-state index contributed by atoms with van der Waals surface area (Å²) in [6, 6.07) is 13.8. The minimum absolute atomic E-state index is 0.0293. The second kappa shape index (κ2) is 13.2. The van der Waals surface area contributed by atoms with Crippen LogP contribution in [0.2, 0.25) is 0 Å². The van der Waals surface area contributed by atoms with Crippen LogP contribution >= 0.6 is 11.3 Å². The molecule has 0 saturated carbocycles. The fraction of sp³-hybridized carbons (Fsp3) is 0.333. The number of morpholine rings is 1. The number of piperazine rings is 1. The molecule has 1 aromatic carbocycles. The standard InChI is InChI=1S/C33H34N8O3S/c42-24(8-7-23-4-1-2-11-34-23)9-10-30(43)40-14-12-39(13-15-40)22-25-20-29-31(45-25)33(41-16-18-44-19-17-41)37-32(36-29)26-5-3-6-28-27(26)21-35-38-28/h1-8,11,20-21H,9-10,12-19,22H2,(H,35,38). The van der Waals surface area contributed by atoms with Gasteiger partial charge in [-0.15, -0.1) is 11.3 Å². The number of hydrogen-bond donors (Lipinski definition) is 1. The number of anilines is 1. The first-order valence-corrected chi connectivity index (χ1v) is 16.1. The van der Waals surface area contributed by atoms with Crippen molar-refractivity contribution in [2.45, 2.75) is 19.4 Å². The Morgan fingerprint density at radius 2 is 1.84 bits per heavy atom. The van der Waals surface area contributed by atoms with E-state index in [1.54, 1.807) is 23.6 Å². The van der Waals surface area contributed by atoms with E-state index in [0.717, 1.165) is 70.9 Å². The van der Waals surface area contributed by atoms with Gasteiger partial charge >= 0.3 is 0 Å². The Morgan fingerprint density at radius 3 is 2.67 bits per heavy atom.